The zero-order chi connectivity index (χ0) is 16.2. The fourth-order valence-electron chi connectivity index (χ4n) is 1.89. The van der Waals surface area contributed by atoms with E-state index < -0.39 is 5.56 Å². The molecule has 7 heteroatoms. The number of aromatic nitrogens is 2. The molecule has 0 saturated heterocycles. The number of nitrogens with one attached hydrogen (secondary N) is 1. The molecule has 1 rings (SSSR count). The Labute approximate surface area is 124 Å². The highest BCUT2D eigenvalue weighted by atomic mass is 16.2. The summed E-state index contributed by atoms with van der Waals surface area (Å²) in [6.45, 7) is 7.52. The van der Waals surface area contributed by atoms with Gasteiger partial charge in [-0.15, -0.1) is 0 Å². The highest BCUT2D eigenvalue weighted by molar-refractivity contribution is 5.78. The average molecular weight is 291 g/mol. The van der Waals surface area contributed by atoms with E-state index in [4.69, 9.17) is 5.26 Å². The van der Waals surface area contributed by atoms with Crippen molar-refractivity contribution in [2.45, 2.75) is 40.4 Å². The number of aryl methyl sites for hydroxylation is 1. The van der Waals surface area contributed by atoms with Gasteiger partial charge >= 0.3 is 0 Å². The Morgan fingerprint density at radius 1 is 1.48 bits per heavy atom. The van der Waals surface area contributed by atoms with Crippen LogP contribution in [-0.2, 0) is 11.5 Å². The molecule has 0 aliphatic carbocycles. The fourth-order valence-corrected chi connectivity index (χ4v) is 1.89. The van der Waals surface area contributed by atoms with E-state index in [0.717, 1.165) is 0 Å². The smallest absolute Gasteiger partial charge is 0.286 e. The van der Waals surface area contributed by atoms with Gasteiger partial charge in [-0.2, -0.15) is 10.4 Å². The first-order valence-corrected chi connectivity index (χ1v) is 6.72. The molecule has 114 valence electrons. The summed E-state index contributed by atoms with van der Waals surface area (Å²) in [5.74, 6) is -0.120. The Bertz CT molecular complexity index is 627. The second-order valence-electron chi connectivity index (χ2n) is 5.38. The summed E-state index contributed by atoms with van der Waals surface area (Å²) in [5, 5.41) is 16.0. The standard InChI is InChI=1S/C14H21N5O2/c1-9(2)16-13(20)7-18(5)8-19-14(21)12(6-15)10(3)11(4)17-19/h9H,7-8H2,1-5H3,(H,16,20). The number of nitriles is 1. The number of carbonyl (C=O) groups is 1. The van der Waals surface area contributed by atoms with Gasteiger partial charge in [-0.1, -0.05) is 0 Å². The van der Waals surface area contributed by atoms with E-state index in [1.165, 1.54) is 4.68 Å². The maximum Gasteiger partial charge on any atom is 0.286 e. The van der Waals surface area contributed by atoms with Gasteiger partial charge in [0.2, 0.25) is 5.91 Å². The monoisotopic (exact) mass is 291 g/mol. The lowest BCUT2D eigenvalue weighted by atomic mass is 10.1. The lowest BCUT2D eigenvalue weighted by Crippen LogP contribution is -2.41. The molecule has 7 nitrogen and oxygen atoms in total. The van der Waals surface area contributed by atoms with Gasteiger partial charge < -0.3 is 5.32 Å². The Hall–Kier alpha value is -2.20. The molecule has 0 radical (unpaired) electrons. The third kappa shape index (κ3) is 4.39. The van der Waals surface area contributed by atoms with Crippen LogP contribution in [0.15, 0.2) is 4.79 Å². The lowest BCUT2D eigenvalue weighted by Gasteiger charge is -2.18. The van der Waals surface area contributed by atoms with Crippen LogP contribution in [-0.4, -0.2) is 40.2 Å². The van der Waals surface area contributed by atoms with Gasteiger partial charge in [0.1, 0.15) is 11.6 Å². The highest BCUT2D eigenvalue weighted by Crippen LogP contribution is 2.04. The Morgan fingerprint density at radius 3 is 2.62 bits per heavy atom. The molecule has 0 aliphatic heterocycles. The first-order chi connectivity index (χ1) is 9.76. The van der Waals surface area contributed by atoms with E-state index in [2.05, 4.69) is 10.4 Å². The van der Waals surface area contributed by atoms with E-state index in [1.54, 1.807) is 25.8 Å². The number of carbonyl (C=O) groups excluding carboxylic acids is 1. The third-order valence-corrected chi connectivity index (χ3v) is 2.99. The minimum atomic E-state index is -0.434. The van der Waals surface area contributed by atoms with Gasteiger partial charge in [0.25, 0.3) is 5.56 Å². The van der Waals surface area contributed by atoms with Gasteiger partial charge in [0.05, 0.1) is 18.9 Å². The van der Waals surface area contributed by atoms with Crippen LogP contribution in [0.2, 0.25) is 0 Å². The van der Waals surface area contributed by atoms with Crippen molar-refractivity contribution in [2.24, 2.45) is 0 Å². The summed E-state index contributed by atoms with van der Waals surface area (Å²) in [4.78, 5) is 25.5. The molecule has 0 aromatic carbocycles. The summed E-state index contributed by atoms with van der Waals surface area (Å²) in [6, 6.07) is 1.98. The van der Waals surface area contributed by atoms with E-state index in [-0.39, 0.29) is 30.7 Å². The van der Waals surface area contributed by atoms with E-state index in [0.29, 0.717) is 11.3 Å². The molecular formula is C14H21N5O2. The maximum atomic E-state index is 12.1. The topological polar surface area (TPSA) is 91.0 Å². The molecule has 0 spiro atoms. The zero-order valence-corrected chi connectivity index (χ0v) is 13.1. The molecule has 1 aromatic rings. The van der Waals surface area contributed by atoms with Crippen molar-refractivity contribution in [3.05, 3.63) is 27.2 Å². The molecule has 0 aliphatic rings. The molecule has 21 heavy (non-hydrogen) atoms. The molecule has 1 heterocycles. The second kappa shape index (κ2) is 6.99. The predicted molar refractivity (Wildman–Crippen MR) is 78.6 cm³/mol. The van der Waals surface area contributed by atoms with Crippen molar-refractivity contribution in [3.8, 4) is 6.07 Å². The summed E-state index contributed by atoms with van der Waals surface area (Å²) in [5.41, 5.74) is 0.893. The normalized spacial score (nSPS) is 10.8. The molecule has 0 atom stereocenters. The van der Waals surface area contributed by atoms with Crippen molar-refractivity contribution in [1.82, 2.24) is 20.0 Å². The van der Waals surface area contributed by atoms with Crippen LogP contribution >= 0.6 is 0 Å². The molecule has 1 aromatic heterocycles. The van der Waals surface area contributed by atoms with E-state index in [1.807, 2.05) is 19.9 Å². The molecule has 0 unspecified atom stereocenters. The third-order valence-electron chi connectivity index (χ3n) is 2.99. The lowest BCUT2D eigenvalue weighted by molar-refractivity contribution is -0.122. The number of amides is 1. The van der Waals surface area contributed by atoms with Crippen LogP contribution in [0.25, 0.3) is 0 Å². The fraction of sp³-hybridized carbons (Fsp3) is 0.571. The number of hydrogen-bond donors (Lipinski definition) is 1. The highest BCUT2D eigenvalue weighted by Gasteiger charge is 2.14. The minimum Gasteiger partial charge on any atom is -0.353 e. The summed E-state index contributed by atoms with van der Waals surface area (Å²) in [7, 11) is 1.72. The van der Waals surface area contributed by atoms with Crippen molar-refractivity contribution in [3.63, 3.8) is 0 Å². The number of hydrogen-bond acceptors (Lipinski definition) is 5. The van der Waals surface area contributed by atoms with Crippen LogP contribution < -0.4 is 10.9 Å². The van der Waals surface area contributed by atoms with Crippen LogP contribution in [0.5, 0.6) is 0 Å². The van der Waals surface area contributed by atoms with Crippen LogP contribution in [0.1, 0.15) is 30.7 Å². The number of nitrogens with zero attached hydrogens (tertiary/aromatic N) is 4. The van der Waals surface area contributed by atoms with Crippen LogP contribution in [0, 0.1) is 25.2 Å². The Balaban J connectivity index is 2.89. The summed E-state index contributed by atoms with van der Waals surface area (Å²) < 4.78 is 1.21. The predicted octanol–water partition coefficient (Wildman–Crippen LogP) is 0.146. The first-order valence-electron chi connectivity index (χ1n) is 6.72. The molecule has 0 bridgehead atoms. The summed E-state index contributed by atoms with van der Waals surface area (Å²) in [6.07, 6.45) is 0. The van der Waals surface area contributed by atoms with Crippen molar-refractivity contribution in [2.75, 3.05) is 13.6 Å². The van der Waals surface area contributed by atoms with Crippen LogP contribution in [0.3, 0.4) is 0 Å². The second-order valence-corrected chi connectivity index (χ2v) is 5.38. The largest absolute Gasteiger partial charge is 0.353 e. The first kappa shape index (κ1) is 16.9. The Morgan fingerprint density at radius 2 is 2.10 bits per heavy atom. The van der Waals surface area contributed by atoms with Gasteiger partial charge in [0.15, 0.2) is 0 Å². The van der Waals surface area contributed by atoms with Gasteiger partial charge in [-0.05, 0) is 40.3 Å². The SMILES string of the molecule is Cc1nn(CN(C)CC(=O)NC(C)C)c(=O)c(C#N)c1C. The van der Waals surface area contributed by atoms with E-state index in [9.17, 15) is 9.59 Å². The van der Waals surface area contributed by atoms with Crippen molar-refractivity contribution >= 4 is 5.91 Å². The zero-order valence-electron chi connectivity index (χ0n) is 13.1. The summed E-state index contributed by atoms with van der Waals surface area (Å²) >= 11 is 0. The Kier molecular flexibility index (Phi) is 5.61. The quantitative estimate of drug-likeness (QED) is 0.833. The van der Waals surface area contributed by atoms with Gasteiger partial charge in [-0.3, -0.25) is 14.5 Å². The van der Waals surface area contributed by atoms with Crippen LogP contribution in [0.4, 0.5) is 0 Å². The van der Waals surface area contributed by atoms with Crippen molar-refractivity contribution < 1.29 is 4.79 Å². The molecule has 0 saturated carbocycles. The number of likely N-dealkylation sites (N-methyl/N-ethyl adjacent to an activating group) is 1. The molecule has 0 fully saturated rings. The number of rotatable bonds is 5. The van der Waals surface area contributed by atoms with Gasteiger partial charge in [-0.25, -0.2) is 4.68 Å². The van der Waals surface area contributed by atoms with E-state index >= 15 is 0 Å². The van der Waals surface area contributed by atoms with Crippen molar-refractivity contribution in [1.29, 1.82) is 5.26 Å². The molecule has 1 N–H and O–H groups in total. The molecular weight excluding hydrogens is 270 g/mol. The minimum absolute atomic E-state index is 0.0681. The molecule has 1 amide bonds. The van der Waals surface area contributed by atoms with Gasteiger partial charge in [0, 0.05) is 6.04 Å². The maximum absolute atomic E-state index is 12.1. The average Bonchev–Trinajstić information content (AvgIpc) is 2.35.